The van der Waals surface area contributed by atoms with Gasteiger partial charge in [0.1, 0.15) is 0 Å². The molecule has 0 aliphatic rings. The van der Waals surface area contributed by atoms with E-state index in [4.69, 9.17) is 5.11 Å². The van der Waals surface area contributed by atoms with E-state index in [1.807, 2.05) is 19.1 Å². The molecule has 17 heavy (non-hydrogen) atoms. The van der Waals surface area contributed by atoms with Gasteiger partial charge in [-0.15, -0.1) is 0 Å². The van der Waals surface area contributed by atoms with Gasteiger partial charge in [0.15, 0.2) is 0 Å². The maximum absolute atomic E-state index is 11.4. The van der Waals surface area contributed by atoms with Crippen LogP contribution in [0, 0.1) is 0 Å². The van der Waals surface area contributed by atoms with Crippen molar-refractivity contribution in [2.45, 2.75) is 20.3 Å². The Balaban J connectivity index is 2.68. The van der Waals surface area contributed by atoms with Crippen LogP contribution in [0.25, 0.3) is 0 Å². The lowest BCUT2D eigenvalue weighted by Crippen LogP contribution is -2.10. The summed E-state index contributed by atoms with van der Waals surface area (Å²) in [7, 11) is 0. The quantitative estimate of drug-likeness (QED) is 0.783. The van der Waals surface area contributed by atoms with Gasteiger partial charge in [0.25, 0.3) is 0 Å². The molecule has 0 fully saturated rings. The van der Waals surface area contributed by atoms with Crippen LogP contribution in [0.1, 0.15) is 19.4 Å². The predicted molar refractivity (Wildman–Crippen MR) is 65.8 cm³/mol. The molecular formula is C13H15NO3. The van der Waals surface area contributed by atoms with Crippen molar-refractivity contribution < 1.29 is 14.7 Å². The molecular weight excluding hydrogens is 218 g/mol. The molecule has 0 aliphatic carbocycles. The lowest BCUT2D eigenvalue weighted by molar-refractivity contribution is -0.132. The maximum Gasteiger partial charge on any atom is 0.331 e. The zero-order valence-corrected chi connectivity index (χ0v) is 9.86. The summed E-state index contributed by atoms with van der Waals surface area (Å²) < 4.78 is 0. The van der Waals surface area contributed by atoms with Gasteiger partial charge >= 0.3 is 5.97 Å². The van der Waals surface area contributed by atoms with Gasteiger partial charge in [-0.1, -0.05) is 19.1 Å². The highest BCUT2D eigenvalue weighted by Gasteiger charge is 2.04. The predicted octanol–water partition coefficient (Wildman–Crippen LogP) is 2.22. The molecule has 2 N–H and O–H groups in total. The minimum absolute atomic E-state index is 0.00711. The molecule has 90 valence electrons. The Kier molecular flexibility index (Phi) is 4.46. The Bertz CT molecular complexity index is 446. The van der Waals surface area contributed by atoms with Crippen molar-refractivity contribution in [2.24, 2.45) is 0 Å². The standard InChI is InChI=1S/C13H15NO3/c1-3-10-4-6-11(7-5-10)14-12(15)8-9(2)13(16)17/h4-8H,3H2,1-2H3,(H,14,15)(H,16,17)/b9-8+. The molecule has 1 aromatic carbocycles. The number of carbonyl (C=O) groups excluding carboxylic acids is 1. The van der Waals surface area contributed by atoms with Crippen LogP contribution in [0.2, 0.25) is 0 Å². The molecule has 0 heterocycles. The molecule has 4 nitrogen and oxygen atoms in total. The summed E-state index contributed by atoms with van der Waals surface area (Å²) in [6.45, 7) is 3.43. The first-order valence-electron chi connectivity index (χ1n) is 5.34. The number of amides is 1. The van der Waals surface area contributed by atoms with Gasteiger partial charge in [-0.25, -0.2) is 4.79 Å². The third kappa shape index (κ3) is 4.10. The Hall–Kier alpha value is -2.10. The number of benzene rings is 1. The van der Waals surface area contributed by atoms with E-state index in [2.05, 4.69) is 5.32 Å². The first-order chi connectivity index (χ1) is 8.02. The number of carboxylic acids is 1. The first-order valence-corrected chi connectivity index (χ1v) is 5.34. The van der Waals surface area contributed by atoms with Crippen LogP contribution in [-0.4, -0.2) is 17.0 Å². The zero-order chi connectivity index (χ0) is 12.8. The molecule has 0 unspecified atom stereocenters. The highest BCUT2D eigenvalue weighted by atomic mass is 16.4. The Morgan fingerprint density at radius 3 is 2.35 bits per heavy atom. The fourth-order valence-electron chi connectivity index (χ4n) is 1.26. The van der Waals surface area contributed by atoms with Crippen LogP contribution in [0.3, 0.4) is 0 Å². The number of hydrogen-bond donors (Lipinski definition) is 2. The van der Waals surface area contributed by atoms with Crippen molar-refractivity contribution in [3.63, 3.8) is 0 Å². The van der Waals surface area contributed by atoms with Gasteiger partial charge in [-0.2, -0.15) is 0 Å². The monoisotopic (exact) mass is 233 g/mol. The summed E-state index contributed by atoms with van der Waals surface area (Å²) in [5, 5.41) is 11.2. The number of aliphatic carboxylic acids is 1. The van der Waals surface area contributed by atoms with Crippen LogP contribution in [-0.2, 0) is 16.0 Å². The maximum atomic E-state index is 11.4. The van der Waals surface area contributed by atoms with E-state index in [-0.39, 0.29) is 5.57 Å². The number of hydrogen-bond acceptors (Lipinski definition) is 2. The molecule has 0 saturated carbocycles. The molecule has 0 saturated heterocycles. The first kappa shape index (κ1) is 13.0. The topological polar surface area (TPSA) is 66.4 Å². The van der Waals surface area contributed by atoms with Crippen molar-refractivity contribution in [1.82, 2.24) is 0 Å². The molecule has 0 spiro atoms. The third-order valence-electron chi connectivity index (χ3n) is 2.31. The van der Waals surface area contributed by atoms with Crippen molar-refractivity contribution >= 4 is 17.6 Å². The number of nitrogens with one attached hydrogen (secondary N) is 1. The normalized spacial score (nSPS) is 11.1. The van der Waals surface area contributed by atoms with Crippen LogP contribution >= 0.6 is 0 Å². The van der Waals surface area contributed by atoms with Crippen LogP contribution in [0.4, 0.5) is 5.69 Å². The van der Waals surface area contributed by atoms with E-state index >= 15 is 0 Å². The average Bonchev–Trinajstić information content (AvgIpc) is 2.29. The Labute approximate surface area is 100.0 Å². The largest absolute Gasteiger partial charge is 0.478 e. The Morgan fingerprint density at radius 2 is 1.88 bits per heavy atom. The number of carboxylic acid groups (broad SMARTS) is 1. The van der Waals surface area contributed by atoms with Crippen LogP contribution in [0.15, 0.2) is 35.9 Å². The van der Waals surface area contributed by atoms with E-state index in [0.717, 1.165) is 12.5 Å². The van der Waals surface area contributed by atoms with Crippen LogP contribution in [0.5, 0.6) is 0 Å². The van der Waals surface area contributed by atoms with Crippen molar-refractivity contribution in [3.8, 4) is 0 Å². The summed E-state index contributed by atoms with van der Waals surface area (Å²) in [5.74, 6) is -1.53. The second kappa shape index (κ2) is 5.84. The molecule has 4 heteroatoms. The zero-order valence-electron chi connectivity index (χ0n) is 9.86. The van der Waals surface area contributed by atoms with Gasteiger partial charge in [-0.3, -0.25) is 4.79 Å². The summed E-state index contributed by atoms with van der Waals surface area (Å²) in [6.07, 6.45) is 2.00. The van der Waals surface area contributed by atoms with Crippen molar-refractivity contribution in [1.29, 1.82) is 0 Å². The second-order valence-electron chi connectivity index (χ2n) is 3.67. The smallest absolute Gasteiger partial charge is 0.331 e. The molecule has 0 aromatic heterocycles. The molecule has 1 rings (SSSR count). The van der Waals surface area contributed by atoms with Gasteiger partial charge in [0, 0.05) is 17.3 Å². The molecule has 1 aromatic rings. The van der Waals surface area contributed by atoms with Gasteiger partial charge in [0.05, 0.1) is 0 Å². The van der Waals surface area contributed by atoms with Crippen molar-refractivity contribution in [2.75, 3.05) is 5.32 Å². The minimum Gasteiger partial charge on any atom is -0.478 e. The Morgan fingerprint density at radius 1 is 1.29 bits per heavy atom. The lowest BCUT2D eigenvalue weighted by Gasteiger charge is -2.03. The molecule has 1 amide bonds. The second-order valence-corrected chi connectivity index (χ2v) is 3.67. The number of anilines is 1. The number of rotatable bonds is 4. The molecule has 0 atom stereocenters. The molecule has 0 bridgehead atoms. The summed E-state index contributed by atoms with van der Waals surface area (Å²) in [5.41, 5.74) is 1.84. The fraction of sp³-hybridized carbons (Fsp3) is 0.231. The van der Waals surface area contributed by atoms with E-state index in [1.54, 1.807) is 12.1 Å². The van der Waals surface area contributed by atoms with Crippen LogP contribution < -0.4 is 5.32 Å². The summed E-state index contributed by atoms with van der Waals surface area (Å²) >= 11 is 0. The third-order valence-corrected chi connectivity index (χ3v) is 2.31. The fourth-order valence-corrected chi connectivity index (χ4v) is 1.26. The SMILES string of the molecule is CCc1ccc(NC(=O)/C=C(\C)C(=O)O)cc1. The van der Waals surface area contributed by atoms with E-state index in [1.165, 1.54) is 12.5 Å². The average molecular weight is 233 g/mol. The van der Waals surface area contributed by atoms with E-state index in [0.29, 0.717) is 5.69 Å². The number of carbonyl (C=O) groups is 2. The van der Waals surface area contributed by atoms with Crippen molar-refractivity contribution in [3.05, 3.63) is 41.5 Å². The molecule has 0 radical (unpaired) electrons. The van der Waals surface area contributed by atoms with E-state index < -0.39 is 11.9 Å². The van der Waals surface area contributed by atoms with Gasteiger partial charge < -0.3 is 10.4 Å². The minimum atomic E-state index is -1.10. The number of aryl methyl sites for hydroxylation is 1. The lowest BCUT2D eigenvalue weighted by atomic mass is 10.1. The summed E-state index contributed by atoms with van der Waals surface area (Å²) in [4.78, 5) is 22.0. The highest BCUT2D eigenvalue weighted by Crippen LogP contribution is 2.10. The van der Waals surface area contributed by atoms with Gasteiger partial charge in [0.2, 0.25) is 5.91 Å². The van der Waals surface area contributed by atoms with E-state index in [9.17, 15) is 9.59 Å². The van der Waals surface area contributed by atoms with Gasteiger partial charge in [-0.05, 0) is 31.0 Å². The summed E-state index contributed by atoms with van der Waals surface area (Å²) in [6, 6.07) is 7.42. The molecule has 0 aliphatic heterocycles. The highest BCUT2D eigenvalue weighted by molar-refractivity contribution is 6.04.